The summed E-state index contributed by atoms with van der Waals surface area (Å²) < 4.78 is 5.40. The molecular weight excluding hydrogens is 346 g/mol. The number of hydrogen-bond acceptors (Lipinski definition) is 5. The van der Waals surface area contributed by atoms with Crippen LogP contribution in [-0.2, 0) is 9.53 Å². The third-order valence-corrected chi connectivity index (χ3v) is 6.29. The van der Waals surface area contributed by atoms with Crippen molar-refractivity contribution < 1.29 is 14.3 Å². The largest absolute Gasteiger partial charge is 0.381 e. The van der Waals surface area contributed by atoms with Gasteiger partial charge in [0.25, 0.3) is 5.91 Å². The third-order valence-electron chi connectivity index (χ3n) is 6.29. The molecule has 0 spiro atoms. The zero-order valence-electron chi connectivity index (χ0n) is 15.7. The van der Waals surface area contributed by atoms with Gasteiger partial charge >= 0.3 is 0 Å². The monoisotopic (exact) mass is 375 g/mol. The predicted molar refractivity (Wildman–Crippen MR) is 99.2 cm³/mol. The Morgan fingerprint density at radius 2 is 2.19 bits per heavy atom. The Labute approximate surface area is 159 Å². The number of aromatic nitrogens is 2. The van der Waals surface area contributed by atoms with E-state index >= 15 is 0 Å². The number of rotatable bonds is 5. The van der Waals surface area contributed by atoms with Gasteiger partial charge in [0.05, 0.1) is 12.5 Å². The fourth-order valence-electron chi connectivity index (χ4n) is 4.77. The van der Waals surface area contributed by atoms with E-state index in [0.717, 1.165) is 65.0 Å². The molecule has 0 radical (unpaired) electrons. The number of aromatic amines is 1. The molecule has 1 unspecified atom stereocenters. The Balaban J connectivity index is 1.39. The molecule has 4 heterocycles. The maximum Gasteiger partial charge on any atom is 0.269 e. The number of hydrogen-bond donors (Lipinski definition) is 3. The lowest BCUT2D eigenvalue weighted by Crippen LogP contribution is -2.58. The van der Waals surface area contributed by atoms with Crippen LogP contribution in [0.5, 0.6) is 0 Å². The highest BCUT2D eigenvalue weighted by molar-refractivity contribution is 5.92. The van der Waals surface area contributed by atoms with E-state index in [1.165, 1.54) is 12.5 Å². The van der Waals surface area contributed by atoms with E-state index in [1.807, 2.05) is 0 Å². The molecule has 0 saturated carbocycles. The van der Waals surface area contributed by atoms with Crippen LogP contribution in [0.15, 0.2) is 12.5 Å². The highest BCUT2D eigenvalue weighted by Gasteiger charge is 2.52. The highest BCUT2D eigenvalue weighted by Crippen LogP contribution is 2.38. The molecule has 2 amide bonds. The molecule has 3 N–H and O–H groups in total. The Morgan fingerprint density at radius 3 is 2.96 bits per heavy atom. The number of imidazole rings is 1. The number of carbonyl (C=O) groups is 2. The van der Waals surface area contributed by atoms with E-state index in [0.29, 0.717) is 18.0 Å². The summed E-state index contributed by atoms with van der Waals surface area (Å²) in [6.45, 7) is 3.95. The van der Waals surface area contributed by atoms with Crippen LogP contribution in [0.4, 0.5) is 0 Å². The normalized spacial score (nSPS) is 29.3. The summed E-state index contributed by atoms with van der Waals surface area (Å²) in [7, 11) is 0. The number of H-pyrrole nitrogens is 1. The first-order valence-electron chi connectivity index (χ1n) is 10.1. The van der Waals surface area contributed by atoms with Gasteiger partial charge in [0.15, 0.2) is 0 Å². The van der Waals surface area contributed by atoms with Gasteiger partial charge in [-0.2, -0.15) is 0 Å². The molecule has 0 bridgehead atoms. The molecule has 3 saturated heterocycles. The van der Waals surface area contributed by atoms with Crippen molar-refractivity contribution in [2.75, 3.05) is 32.8 Å². The number of fused-ring (bicyclic) bond motifs is 1. The summed E-state index contributed by atoms with van der Waals surface area (Å²) in [4.78, 5) is 34.6. The number of amides is 2. The smallest absolute Gasteiger partial charge is 0.269 e. The van der Waals surface area contributed by atoms with Gasteiger partial charge < -0.3 is 20.4 Å². The Hall–Kier alpha value is -1.93. The van der Waals surface area contributed by atoms with Gasteiger partial charge in [-0.15, -0.1) is 0 Å². The molecule has 4 rings (SSSR count). The molecule has 27 heavy (non-hydrogen) atoms. The second-order valence-corrected chi connectivity index (χ2v) is 8.04. The minimum atomic E-state index is -0.477. The fraction of sp³-hybridized carbons (Fsp3) is 0.737. The molecule has 0 aliphatic carbocycles. The van der Waals surface area contributed by atoms with Gasteiger partial charge in [-0.1, -0.05) is 0 Å². The van der Waals surface area contributed by atoms with Crippen LogP contribution in [0.3, 0.4) is 0 Å². The summed E-state index contributed by atoms with van der Waals surface area (Å²) in [5.41, 5.74) is -0.0205. The van der Waals surface area contributed by atoms with E-state index in [4.69, 9.17) is 4.74 Å². The summed E-state index contributed by atoms with van der Waals surface area (Å²) >= 11 is 0. The van der Waals surface area contributed by atoms with Crippen molar-refractivity contribution in [1.29, 1.82) is 0 Å². The Kier molecular flexibility index (Phi) is 5.45. The van der Waals surface area contributed by atoms with Gasteiger partial charge in [-0.25, -0.2) is 4.98 Å². The van der Waals surface area contributed by atoms with E-state index in [9.17, 15) is 9.59 Å². The molecule has 1 aromatic rings. The molecule has 3 aliphatic heterocycles. The van der Waals surface area contributed by atoms with Crippen molar-refractivity contribution in [3.8, 4) is 0 Å². The first kappa shape index (κ1) is 18.4. The molecule has 0 aromatic carbocycles. The molecule has 2 atom stereocenters. The minimum Gasteiger partial charge on any atom is -0.381 e. The second-order valence-electron chi connectivity index (χ2n) is 8.04. The predicted octanol–water partition coefficient (Wildman–Crippen LogP) is 0.679. The number of ether oxygens (including phenoxy) is 1. The van der Waals surface area contributed by atoms with Crippen molar-refractivity contribution in [2.45, 2.75) is 50.1 Å². The molecule has 3 aliphatic rings. The van der Waals surface area contributed by atoms with Gasteiger partial charge in [0, 0.05) is 32.3 Å². The van der Waals surface area contributed by atoms with Crippen LogP contribution >= 0.6 is 0 Å². The number of carbonyl (C=O) groups excluding carboxylic acids is 2. The third kappa shape index (κ3) is 3.87. The van der Waals surface area contributed by atoms with Crippen LogP contribution in [0.1, 0.15) is 49.0 Å². The Morgan fingerprint density at radius 1 is 1.33 bits per heavy atom. The lowest BCUT2D eigenvalue weighted by molar-refractivity contribution is -0.134. The maximum absolute atomic E-state index is 13.2. The molecule has 8 nitrogen and oxygen atoms in total. The first-order chi connectivity index (χ1) is 13.2. The van der Waals surface area contributed by atoms with Gasteiger partial charge in [-0.05, 0) is 51.0 Å². The van der Waals surface area contributed by atoms with Gasteiger partial charge in [0.1, 0.15) is 11.2 Å². The highest BCUT2D eigenvalue weighted by atomic mass is 16.5. The maximum atomic E-state index is 13.2. The van der Waals surface area contributed by atoms with Crippen LogP contribution in [0.2, 0.25) is 0 Å². The summed E-state index contributed by atoms with van der Waals surface area (Å²) in [6.07, 6.45) is 8.75. The van der Waals surface area contributed by atoms with E-state index in [2.05, 4.69) is 25.5 Å². The lowest BCUT2D eigenvalue weighted by Gasteiger charge is -2.41. The van der Waals surface area contributed by atoms with Gasteiger partial charge in [0.2, 0.25) is 5.91 Å². The fourth-order valence-corrected chi connectivity index (χ4v) is 4.77. The summed E-state index contributed by atoms with van der Waals surface area (Å²) in [5.74, 6) is 0.482. The van der Waals surface area contributed by atoms with E-state index in [1.54, 1.807) is 0 Å². The van der Waals surface area contributed by atoms with Crippen LogP contribution in [-0.4, -0.2) is 71.1 Å². The zero-order chi connectivity index (χ0) is 18.7. The molecule has 3 fully saturated rings. The summed E-state index contributed by atoms with van der Waals surface area (Å²) in [6, 6.07) is -0.0206. The quantitative estimate of drug-likeness (QED) is 0.703. The molecule has 8 heteroatoms. The van der Waals surface area contributed by atoms with Crippen molar-refractivity contribution >= 4 is 11.8 Å². The van der Waals surface area contributed by atoms with Crippen molar-refractivity contribution in [2.24, 2.45) is 5.92 Å². The van der Waals surface area contributed by atoms with Crippen molar-refractivity contribution in [3.63, 3.8) is 0 Å². The van der Waals surface area contributed by atoms with E-state index in [-0.39, 0.29) is 17.9 Å². The van der Waals surface area contributed by atoms with E-state index < -0.39 is 5.54 Å². The minimum absolute atomic E-state index is 0.0206. The number of nitrogens with one attached hydrogen (secondary N) is 3. The average Bonchev–Trinajstić information content (AvgIpc) is 3.35. The lowest BCUT2D eigenvalue weighted by atomic mass is 9.84. The molecule has 1 aromatic heterocycles. The standard InChI is InChI=1S/C19H29N5O3/c25-17(16-11-20-13-22-16)23-15-9-19(5-1-2-6-24(19)12-15)18(26)21-10-14-3-7-27-8-4-14/h11,13-15H,1-10,12H2,(H,20,22)(H,21,26)(H,23,25)/t15?,19-/m0/s1. The van der Waals surface area contributed by atoms with Crippen molar-refractivity contribution in [3.05, 3.63) is 18.2 Å². The SMILES string of the molecule is O=C(NC1CN2CCCC[C@@]2(C(=O)NCC2CCOCC2)C1)c1cnc[nH]1. The Bertz CT molecular complexity index is 658. The number of piperidine rings is 1. The second kappa shape index (κ2) is 7.98. The average molecular weight is 375 g/mol. The van der Waals surface area contributed by atoms with Crippen molar-refractivity contribution in [1.82, 2.24) is 25.5 Å². The molecule has 148 valence electrons. The molecular formula is C19H29N5O3. The van der Waals surface area contributed by atoms with Crippen LogP contribution < -0.4 is 10.6 Å². The van der Waals surface area contributed by atoms with Gasteiger partial charge in [-0.3, -0.25) is 14.5 Å². The van der Waals surface area contributed by atoms with Crippen LogP contribution in [0.25, 0.3) is 0 Å². The topological polar surface area (TPSA) is 99.3 Å². The zero-order valence-corrected chi connectivity index (χ0v) is 15.7. The number of nitrogens with zero attached hydrogens (tertiary/aromatic N) is 2. The summed E-state index contributed by atoms with van der Waals surface area (Å²) in [5, 5.41) is 6.30. The first-order valence-corrected chi connectivity index (χ1v) is 10.1. The van der Waals surface area contributed by atoms with Crippen LogP contribution in [0, 0.1) is 5.92 Å².